The average molecular weight is 325 g/mol. The maximum absolute atomic E-state index is 12.1. The van der Waals surface area contributed by atoms with E-state index in [0.717, 1.165) is 12.1 Å². The normalized spacial score (nSPS) is 13.6. The Bertz CT molecular complexity index is 732. The first-order chi connectivity index (χ1) is 10.9. The van der Waals surface area contributed by atoms with E-state index in [0.29, 0.717) is 22.9 Å². The minimum absolute atomic E-state index is 0.236. The van der Waals surface area contributed by atoms with Crippen LogP contribution in [0.4, 0.5) is 23.8 Å². The van der Waals surface area contributed by atoms with E-state index in [4.69, 9.17) is 4.74 Å². The molecule has 1 aromatic heterocycles. The molecule has 6 nitrogen and oxygen atoms in total. The molecular weight excluding hydrogens is 315 g/mol. The van der Waals surface area contributed by atoms with Gasteiger partial charge in [0, 0.05) is 6.20 Å². The van der Waals surface area contributed by atoms with Crippen LogP contribution in [0.3, 0.4) is 0 Å². The summed E-state index contributed by atoms with van der Waals surface area (Å²) in [5.41, 5.74) is 0.641. The van der Waals surface area contributed by atoms with Gasteiger partial charge in [0.15, 0.2) is 0 Å². The molecule has 0 bridgehead atoms. The number of aromatic nitrogens is 1. The van der Waals surface area contributed by atoms with Crippen LogP contribution in [-0.4, -0.2) is 17.4 Å². The van der Waals surface area contributed by atoms with Crippen molar-refractivity contribution in [2.45, 2.75) is 12.9 Å². The Kier molecular flexibility index (Phi) is 3.68. The molecule has 1 aromatic carbocycles. The summed E-state index contributed by atoms with van der Waals surface area (Å²) in [5, 5.41) is 5.12. The quantitative estimate of drug-likeness (QED) is 0.907. The fourth-order valence-electron chi connectivity index (χ4n) is 2.01. The van der Waals surface area contributed by atoms with E-state index >= 15 is 0 Å². The highest BCUT2D eigenvalue weighted by Crippen LogP contribution is 2.32. The van der Waals surface area contributed by atoms with Crippen LogP contribution >= 0.6 is 0 Å². The maximum atomic E-state index is 12.1. The van der Waals surface area contributed by atoms with Crippen molar-refractivity contribution in [1.82, 2.24) is 10.3 Å². The van der Waals surface area contributed by atoms with Crippen molar-refractivity contribution in [2.24, 2.45) is 0 Å². The first-order valence-corrected chi connectivity index (χ1v) is 6.47. The van der Waals surface area contributed by atoms with Crippen LogP contribution in [-0.2, 0) is 6.54 Å². The molecule has 2 N–H and O–H groups in total. The van der Waals surface area contributed by atoms with Gasteiger partial charge in [-0.1, -0.05) is 0 Å². The molecule has 2 aromatic rings. The lowest BCUT2D eigenvalue weighted by atomic mass is 10.2. The number of fused-ring (bicyclic) bond motifs is 1. The molecule has 0 saturated carbocycles. The zero-order chi connectivity index (χ0) is 16.4. The molecule has 0 saturated heterocycles. The van der Waals surface area contributed by atoms with Gasteiger partial charge in [-0.15, -0.1) is 13.2 Å². The average Bonchev–Trinajstić information content (AvgIpc) is 2.48. The minimum Gasteiger partial charge on any atom is -0.457 e. The molecule has 0 radical (unpaired) electrons. The number of carbonyl (C=O) groups is 1. The summed E-state index contributed by atoms with van der Waals surface area (Å²) in [5.74, 6) is 0.802. The molecule has 23 heavy (non-hydrogen) atoms. The van der Waals surface area contributed by atoms with Gasteiger partial charge >= 0.3 is 12.4 Å². The zero-order valence-corrected chi connectivity index (χ0v) is 11.5. The van der Waals surface area contributed by atoms with Gasteiger partial charge in [0.25, 0.3) is 0 Å². The Morgan fingerprint density at radius 3 is 2.48 bits per heavy atom. The third kappa shape index (κ3) is 3.62. The van der Waals surface area contributed by atoms with Crippen LogP contribution in [0.25, 0.3) is 0 Å². The Balaban J connectivity index is 1.78. The summed E-state index contributed by atoms with van der Waals surface area (Å²) in [7, 11) is 0. The first kappa shape index (κ1) is 14.9. The second-order valence-corrected chi connectivity index (χ2v) is 4.57. The number of hydrogen-bond donors (Lipinski definition) is 2. The van der Waals surface area contributed by atoms with E-state index < -0.39 is 6.36 Å². The van der Waals surface area contributed by atoms with Crippen molar-refractivity contribution in [2.75, 3.05) is 5.32 Å². The Labute approximate surface area is 128 Å². The van der Waals surface area contributed by atoms with Gasteiger partial charge < -0.3 is 14.8 Å². The van der Waals surface area contributed by atoms with E-state index in [1.165, 1.54) is 18.3 Å². The third-order valence-corrected chi connectivity index (χ3v) is 2.96. The van der Waals surface area contributed by atoms with Crippen LogP contribution < -0.4 is 20.1 Å². The van der Waals surface area contributed by atoms with Gasteiger partial charge in [-0.3, -0.25) is 5.32 Å². The predicted octanol–water partition coefficient (Wildman–Crippen LogP) is 3.41. The van der Waals surface area contributed by atoms with E-state index in [1.807, 2.05) is 0 Å². The van der Waals surface area contributed by atoms with Crippen molar-refractivity contribution >= 4 is 11.8 Å². The van der Waals surface area contributed by atoms with E-state index in [2.05, 4.69) is 20.4 Å². The van der Waals surface area contributed by atoms with Crippen molar-refractivity contribution in [1.29, 1.82) is 0 Å². The Morgan fingerprint density at radius 1 is 1.09 bits per heavy atom. The molecule has 1 aliphatic rings. The number of urea groups is 1. The molecular formula is C14H10F3N3O3. The number of ether oxygens (including phenoxy) is 2. The molecule has 2 heterocycles. The molecule has 2 amide bonds. The van der Waals surface area contributed by atoms with Crippen molar-refractivity contribution in [3.8, 4) is 17.2 Å². The number of nitrogens with zero attached hydrogens (tertiary/aromatic N) is 1. The molecule has 0 atom stereocenters. The standard InChI is InChI=1S/C14H10F3N3O3/c15-14(16,17)23-9-3-1-8(2-4-9)22-11-5-6-18-12-10(11)7-19-13(21)20-12/h1-6H,7H2,(H2,18,19,20,21). The van der Waals surface area contributed by atoms with Gasteiger partial charge in [-0.05, 0) is 30.3 Å². The number of alkyl halides is 3. The largest absolute Gasteiger partial charge is 0.573 e. The molecule has 3 rings (SSSR count). The number of hydrogen-bond acceptors (Lipinski definition) is 4. The SMILES string of the molecule is O=C1NCc2c(Oc3ccc(OC(F)(F)F)cc3)ccnc2N1. The van der Waals surface area contributed by atoms with E-state index in [1.54, 1.807) is 6.07 Å². The number of nitrogens with one attached hydrogen (secondary N) is 2. The predicted molar refractivity (Wildman–Crippen MR) is 73.3 cm³/mol. The molecule has 120 valence electrons. The monoisotopic (exact) mass is 325 g/mol. The van der Waals surface area contributed by atoms with Crippen LogP contribution in [0.1, 0.15) is 5.56 Å². The number of amides is 2. The summed E-state index contributed by atoms with van der Waals surface area (Å²) < 4.78 is 45.7. The molecule has 0 fully saturated rings. The second-order valence-electron chi connectivity index (χ2n) is 4.57. The minimum atomic E-state index is -4.74. The highest BCUT2D eigenvalue weighted by atomic mass is 19.4. The van der Waals surface area contributed by atoms with Gasteiger partial charge in [0.2, 0.25) is 0 Å². The number of anilines is 1. The Hall–Kier alpha value is -2.97. The fourth-order valence-corrected chi connectivity index (χ4v) is 2.01. The van der Waals surface area contributed by atoms with Crippen molar-refractivity contribution in [3.05, 3.63) is 42.1 Å². The second kappa shape index (κ2) is 5.67. The van der Waals surface area contributed by atoms with Gasteiger partial charge in [0.05, 0.1) is 12.1 Å². The summed E-state index contributed by atoms with van der Waals surface area (Å²) >= 11 is 0. The number of halogens is 3. The lowest BCUT2D eigenvalue weighted by molar-refractivity contribution is -0.274. The number of benzene rings is 1. The summed E-state index contributed by atoms with van der Waals surface area (Å²) in [6.07, 6.45) is -3.28. The molecule has 1 aliphatic heterocycles. The highest BCUT2D eigenvalue weighted by Gasteiger charge is 2.31. The van der Waals surface area contributed by atoms with Gasteiger partial charge in [-0.2, -0.15) is 0 Å². The smallest absolute Gasteiger partial charge is 0.457 e. The summed E-state index contributed by atoms with van der Waals surface area (Å²) in [6.45, 7) is 0.236. The zero-order valence-electron chi connectivity index (χ0n) is 11.5. The molecule has 0 spiro atoms. The lowest BCUT2D eigenvalue weighted by Gasteiger charge is -2.20. The third-order valence-electron chi connectivity index (χ3n) is 2.96. The first-order valence-electron chi connectivity index (χ1n) is 6.47. The van der Waals surface area contributed by atoms with Crippen LogP contribution in [0, 0.1) is 0 Å². The van der Waals surface area contributed by atoms with E-state index in [9.17, 15) is 18.0 Å². The van der Waals surface area contributed by atoms with Gasteiger partial charge in [-0.25, -0.2) is 9.78 Å². The fraction of sp³-hybridized carbons (Fsp3) is 0.143. The lowest BCUT2D eigenvalue weighted by Crippen LogP contribution is -2.34. The van der Waals surface area contributed by atoms with Crippen molar-refractivity contribution in [3.63, 3.8) is 0 Å². The summed E-state index contributed by atoms with van der Waals surface area (Å²) in [4.78, 5) is 15.3. The maximum Gasteiger partial charge on any atom is 0.573 e. The van der Waals surface area contributed by atoms with Crippen molar-refractivity contribution < 1.29 is 27.4 Å². The number of rotatable bonds is 3. The molecule has 9 heteroatoms. The molecule has 0 aliphatic carbocycles. The van der Waals surface area contributed by atoms with Crippen LogP contribution in [0.15, 0.2) is 36.5 Å². The Morgan fingerprint density at radius 2 is 1.78 bits per heavy atom. The van der Waals surface area contributed by atoms with Crippen LogP contribution in [0.5, 0.6) is 17.2 Å². The van der Waals surface area contributed by atoms with E-state index in [-0.39, 0.29) is 18.3 Å². The van der Waals surface area contributed by atoms with Crippen LogP contribution in [0.2, 0.25) is 0 Å². The topological polar surface area (TPSA) is 72.5 Å². The number of pyridine rings is 1. The molecule has 0 unspecified atom stereocenters. The highest BCUT2D eigenvalue weighted by molar-refractivity contribution is 5.91. The summed E-state index contributed by atoms with van der Waals surface area (Å²) in [6, 6.07) is 6.23. The number of carbonyl (C=O) groups excluding carboxylic acids is 1. The van der Waals surface area contributed by atoms with Gasteiger partial charge in [0.1, 0.15) is 23.1 Å².